The van der Waals surface area contributed by atoms with Crippen molar-refractivity contribution in [1.29, 1.82) is 0 Å². The minimum absolute atomic E-state index is 0.167. The molecular weight excluding hydrogens is 458 g/mol. The van der Waals surface area contributed by atoms with Crippen molar-refractivity contribution >= 4 is 11.8 Å². The maximum absolute atomic E-state index is 13.0. The normalized spacial score (nSPS) is 37.9. The molecule has 3 fully saturated rings. The van der Waals surface area contributed by atoms with Gasteiger partial charge in [0.25, 0.3) is 0 Å². The van der Waals surface area contributed by atoms with E-state index in [9.17, 15) is 9.59 Å². The number of allylic oxidation sites excluding steroid dienone is 3. The maximum Gasteiger partial charge on any atom is 0.302 e. The quantitative estimate of drug-likeness (QED) is 0.342. The van der Waals surface area contributed by atoms with Gasteiger partial charge in [-0.3, -0.25) is 30.2 Å². The summed E-state index contributed by atoms with van der Waals surface area (Å²) in [7, 11) is 1.66. The van der Waals surface area contributed by atoms with Gasteiger partial charge >= 0.3 is 5.97 Å². The predicted molar refractivity (Wildman–Crippen MR) is 135 cm³/mol. The molecule has 5 aliphatic rings. The molecule has 5 rings (SSSR count). The van der Waals surface area contributed by atoms with Crippen LogP contribution in [0.5, 0.6) is 0 Å². The molecule has 0 spiro atoms. The first kappa shape index (κ1) is 25.7. The van der Waals surface area contributed by atoms with Crippen molar-refractivity contribution in [3.05, 3.63) is 22.5 Å². The van der Waals surface area contributed by atoms with Gasteiger partial charge in [0.05, 0.1) is 13.2 Å². The van der Waals surface area contributed by atoms with Crippen LogP contribution in [-0.4, -0.2) is 44.7 Å². The van der Waals surface area contributed by atoms with Crippen LogP contribution in [0.25, 0.3) is 0 Å². The predicted octanol–water partition coefficient (Wildman–Crippen LogP) is 3.70. The molecule has 4 aliphatic carbocycles. The van der Waals surface area contributed by atoms with Crippen LogP contribution in [0.2, 0.25) is 0 Å². The number of hydrogen-bond acceptors (Lipinski definition) is 8. The Morgan fingerprint density at radius 2 is 1.94 bits per heavy atom. The summed E-state index contributed by atoms with van der Waals surface area (Å²) >= 11 is 0. The third kappa shape index (κ3) is 4.19. The number of ether oxygens (including phenoxy) is 1. The van der Waals surface area contributed by atoms with Gasteiger partial charge in [-0.15, -0.1) is 0 Å². The van der Waals surface area contributed by atoms with Gasteiger partial charge in [0.15, 0.2) is 0 Å². The number of hydrogen-bond donors (Lipinski definition) is 3. The standard InChI is InChI=1S/C28H43N3O5/c1-5-19-23(31-36-18-10-13-29-15-18)9-12-28(16-35-17(2)32)22-8-11-27(3)21(6-7-25(27)33)20(22)14-24(26(19)28)30-34-4/h18,20-22,29-31H,5-16H2,1-4H3. The van der Waals surface area contributed by atoms with Crippen LogP contribution < -0.4 is 16.3 Å². The van der Waals surface area contributed by atoms with Gasteiger partial charge in [0.2, 0.25) is 0 Å². The van der Waals surface area contributed by atoms with Crippen LogP contribution in [0.3, 0.4) is 0 Å². The summed E-state index contributed by atoms with van der Waals surface area (Å²) in [6.07, 6.45) is 8.15. The highest BCUT2D eigenvalue weighted by Crippen LogP contribution is 2.66. The summed E-state index contributed by atoms with van der Waals surface area (Å²) in [5, 5.41) is 3.35. The monoisotopic (exact) mass is 501 g/mol. The van der Waals surface area contributed by atoms with Crippen LogP contribution in [0, 0.1) is 28.6 Å². The number of fused-ring (bicyclic) bond motifs is 5. The number of carbonyl (C=O) groups is 2. The molecule has 0 bridgehead atoms. The molecule has 200 valence electrons. The highest BCUT2D eigenvalue weighted by molar-refractivity contribution is 5.87. The average Bonchev–Trinajstić information content (AvgIpc) is 3.49. The Morgan fingerprint density at radius 3 is 2.64 bits per heavy atom. The summed E-state index contributed by atoms with van der Waals surface area (Å²) in [4.78, 5) is 36.7. The fourth-order valence-corrected chi connectivity index (χ4v) is 8.38. The highest BCUT2D eigenvalue weighted by Gasteiger charge is 2.61. The van der Waals surface area contributed by atoms with Gasteiger partial charge in [-0.25, -0.2) is 0 Å². The number of hydroxylamine groups is 2. The van der Waals surface area contributed by atoms with Gasteiger partial charge in [-0.2, -0.15) is 0 Å². The Labute approximate surface area is 214 Å². The summed E-state index contributed by atoms with van der Waals surface area (Å²) in [6.45, 7) is 8.09. The third-order valence-corrected chi connectivity index (χ3v) is 10.1. The van der Waals surface area contributed by atoms with Crippen LogP contribution in [0.1, 0.15) is 78.6 Å². The topological polar surface area (TPSA) is 97.9 Å². The Morgan fingerprint density at radius 1 is 1.11 bits per heavy atom. The minimum atomic E-state index is -0.298. The second-order valence-electron chi connectivity index (χ2n) is 11.7. The van der Waals surface area contributed by atoms with Crippen molar-refractivity contribution in [3.63, 3.8) is 0 Å². The van der Waals surface area contributed by atoms with E-state index in [0.29, 0.717) is 36.6 Å². The first-order valence-electron chi connectivity index (χ1n) is 13.9. The fourth-order valence-electron chi connectivity index (χ4n) is 8.38. The summed E-state index contributed by atoms with van der Waals surface area (Å²) in [5.41, 5.74) is 10.8. The first-order chi connectivity index (χ1) is 17.3. The fraction of sp³-hybridized carbons (Fsp3) is 0.786. The second kappa shape index (κ2) is 10.1. The smallest absolute Gasteiger partial charge is 0.302 e. The third-order valence-electron chi connectivity index (χ3n) is 10.1. The van der Waals surface area contributed by atoms with Crippen molar-refractivity contribution in [2.45, 2.75) is 84.7 Å². The number of esters is 1. The zero-order valence-electron chi connectivity index (χ0n) is 22.3. The number of Topliss-reactive ketones (excluding diaryl/α,β-unsaturated/α-hetero) is 1. The molecule has 0 aromatic rings. The van der Waals surface area contributed by atoms with Crippen molar-refractivity contribution in [2.75, 3.05) is 26.8 Å². The molecule has 0 aromatic heterocycles. The Hall–Kier alpha value is -1.90. The molecule has 3 N–H and O–H groups in total. The lowest BCUT2D eigenvalue weighted by atomic mass is 9.47. The van der Waals surface area contributed by atoms with E-state index in [1.807, 2.05) is 0 Å². The van der Waals surface area contributed by atoms with Crippen LogP contribution in [0.4, 0.5) is 0 Å². The lowest BCUT2D eigenvalue weighted by Crippen LogP contribution is -2.55. The number of ketones is 1. The molecule has 0 aromatic carbocycles. The van der Waals surface area contributed by atoms with E-state index in [-0.39, 0.29) is 22.9 Å². The van der Waals surface area contributed by atoms with E-state index in [1.54, 1.807) is 7.11 Å². The van der Waals surface area contributed by atoms with E-state index in [0.717, 1.165) is 75.9 Å². The van der Waals surface area contributed by atoms with Gasteiger partial charge in [-0.05, 0) is 86.8 Å². The molecule has 1 heterocycles. The molecule has 36 heavy (non-hydrogen) atoms. The Kier molecular flexibility index (Phi) is 7.22. The van der Waals surface area contributed by atoms with E-state index in [1.165, 1.54) is 18.1 Å². The van der Waals surface area contributed by atoms with Gasteiger partial charge in [0, 0.05) is 42.1 Å². The zero-order chi connectivity index (χ0) is 25.5. The lowest BCUT2D eigenvalue weighted by Gasteiger charge is -2.58. The van der Waals surface area contributed by atoms with Crippen LogP contribution in [0.15, 0.2) is 22.5 Å². The van der Waals surface area contributed by atoms with E-state index in [4.69, 9.17) is 14.4 Å². The molecule has 8 nitrogen and oxygen atoms in total. The van der Waals surface area contributed by atoms with Crippen LogP contribution >= 0.6 is 0 Å². The molecule has 1 aliphatic heterocycles. The van der Waals surface area contributed by atoms with Crippen LogP contribution in [-0.2, 0) is 24.0 Å². The number of rotatable bonds is 8. The lowest BCUT2D eigenvalue weighted by molar-refractivity contribution is -0.149. The SMILES string of the molecule is CCC1=C(NOC2CCNC2)CCC2(COC(C)=O)C1=C(NOC)CC1C3CCC(=O)C3(C)CCC12. The molecule has 0 radical (unpaired) electrons. The number of nitrogens with one attached hydrogen (secondary N) is 3. The molecular formula is C28H43N3O5. The molecule has 2 saturated carbocycles. The zero-order valence-corrected chi connectivity index (χ0v) is 22.3. The molecule has 1 saturated heterocycles. The largest absolute Gasteiger partial charge is 0.465 e. The second-order valence-corrected chi connectivity index (χ2v) is 11.7. The molecule has 6 atom stereocenters. The highest BCUT2D eigenvalue weighted by atomic mass is 16.7. The molecule has 8 heteroatoms. The Bertz CT molecular complexity index is 955. The van der Waals surface area contributed by atoms with Gasteiger partial charge in [0.1, 0.15) is 12.4 Å². The number of carbonyl (C=O) groups excluding carboxylic acids is 2. The van der Waals surface area contributed by atoms with Crippen molar-refractivity contribution < 1.29 is 24.0 Å². The maximum atomic E-state index is 13.0. The molecule has 6 unspecified atom stereocenters. The molecule has 0 amide bonds. The van der Waals surface area contributed by atoms with E-state index >= 15 is 0 Å². The summed E-state index contributed by atoms with van der Waals surface area (Å²) < 4.78 is 5.85. The van der Waals surface area contributed by atoms with E-state index < -0.39 is 0 Å². The van der Waals surface area contributed by atoms with Gasteiger partial charge < -0.3 is 10.1 Å². The summed E-state index contributed by atoms with van der Waals surface area (Å²) in [6, 6.07) is 0. The van der Waals surface area contributed by atoms with Crippen molar-refractivity contribution in [2.24, 2.45) is 28.6 Å². The average molecular weight is 502 g/mol. The Balaban J connectivity index is 1.58. The van der Waals surface area contributed by atoms with Crippen molar-refractivity contribution in [3.8, 4) is 0 Å². The van der Waals surface area contributed by atoms with Gasteiger partial charge in [-0.1, -0.05) is 13.8 Å². The van der Waals surface area contributed by atoms with Crippen molar-refractivity contribution in [1.82, 2.24) is 16.3 Å². The van der Waals surface area contributed by atoms with E-state index in [2.05, 4.69) is 30.1 Å². The minimum Gasteiger partial charge on any atom is -0.465 e. The summed E-state index contributed by atoms with van der Waals surface area (Å²) in [5.74, 6) is 1.27. The first-order valence-corrected chi connectivity index (χ1v) is 13.9.